The van der Waals surface area contributed by atoms with Gasteiger partial charge in [-0.2, -0.15) is 0 Å². The molecule has 0 spiro atoms. The molecule has 1 atom stereocenters. The molecule has 1 aromatic rings. The van der Waals surface area contributed by atoms with Crippen LogP contribution in [-0.4, -0.2) is 20.2 Å². The summed E-state index contributed by atoms with van der Waals surface area (Å²) in [5.41, 5.74) is 3.91. The number of hydrogen-bond acceptors (Lipinski definition) is 2. The maximum absolute atomic E-state index is 5.59. The van der Waals surface area contributed by atoms with Crippen molar-refractivity contribution < 1.29 is 4.74 Å². The van der Waals surface area contributed by atoms with Crippen molar-refractivity contribution in [3.05, 3.63) is 27.2 Å². The third-order valence-corrected chi connectivity index (χ3v) is 4.21. The fourth-order valence-electron chi connectivity index (χ4n) is 2.54. The van der Waals surface area contributed by atoms with Gasteiger partial charge in [0, 0.05) is 28.1 Å². The Bertz CT molecular complexity index is 397. The Morgan fingerprint density at radius 3 is 2.75 bits per heavy atom. The molecule has 1 aliphatic heterocycles. The lowest BCUT2D eigenvalue weighted by Crippen LogP contribution is -2.10. The van der Waals surface area contributed by atoms with Crippen molar-refractivity contribution in [2.75, 3.05) is 20.2 Å². The first kappa shape index (κ1) is 11.9. The van der Waals surface area contributed by atoms with Crippen LogP contribution in [-0.2, 0) is 0 Å². The lowest BCUT2D eigenvalue weighted by molar-refractivity contribution is 0.402. The number of hydrogen-bond donors (Lipinski definition) is 1. The van der Waals surface area contributed by atoms with Gasteiger partial charge in [-0.1, -0.05) is 15.9 Å². The summed E-state index contributed by atoms with van der Waals surface area (Å²) < 4.78 is 6.73. The summed E-state index contributed by atoms with van der Waals surface area (Å²) in [5.74, 6) is 1.65. The Hall–Kier alpha value is -0.540. The number of rotatable bonds is 2. The highest BCUT2D eigenvalue weighted by Crippen LogP contribution is 2.39. The van der Waals surface area contributed by atoms with E-state index in [0.29, 0.717) is 5.92 Å². The first-order valence-electron chi connectivity index (χ1n) is 5.69. The molecule has 2 rings (SSSR count). The average Bonchev–Trinajstić information content (AvgIpc) is 2.76. The van der Waals surface area contributed by atoms with E-state index in [4.69, 9.17) is 4.74 Å². The van der Waals surface area contributed by atoms with Gasteiger partial charge in [0.15, 0.2) is 0 Å². The summed E-state index contributed by atoms with van der Waals surface area (Å²) in [6.45, 7) is 6.45. The van der Waals surface area contributed by atoms with Crippen LogP contribution in [0.2, 0.25) is 0 Å². The second-order valence-electron chi connectivity index (χ2n) is 4.44. The van der Waals surface area contributed by atoms with Crippen LogP contribution < -0.4 is 10.1 Å². The third-order valence-electron chi connectivity index (χ3n) is 3.38. The highest BCUT2D eigenvalue weighted by Gasteiger charge is 2.24. The largest absolute Gasteiger partial charge is 0.496 e. The van der Waals surface area contributed by atoms with E-state index in [1.54, 1.807) is 7.11 Å². The Kier molecular flexibility index (Phi) is 3.55. The standard InChI is InChI=1S/C13H18BrNO/c1-8-6-11(14)9(2)13(16-3)12(8)10-4-5-15-7-10/h6,10,15H,4-5,7H2,1-3H3. The normalized spacial score (nSPS) is 20.1. The second kappa shape index (κ2) is 4.76. The Morgan fingerprint density at radius 2 is 2.19 bits per heavy atom. The third kappa shape index (κ3) is 1.98. The first-order chi connectivity index (χ1) is 7.65. The van der Waals surface area contributed by atoms with Crippen LogP contribution in [0.1, 0.15) is 29.0 Å². The summed E-state index contributed by atoms with van der Waals surface area (Å²) in [4.78, 5) is 0. The van der Waals surface area contributed by atoms with Crippen LogP contribution in [0.25, 0.3) is 0 Å². The molecule has 16 heavy (non-hydrogen) atoms. The van der Waals surface area contributed by atoms with Gasteiger partial charge >= 0.3 is 0 Å². The number of ether oxygens (including phenoxy) is 1. The van der Waals surface area contributed by atoms with Crippen molar-refractivity contribution >= 4 is 15.9 Å². The van der Waals surface area contributed by atoms with Crippen LogP contribution in [0.5, 0.6) is 5.75 Å². The lowest BCUT2D eigenvalue weighted by Gasteiger charge is -2.20. The molecule has 0 aromatic heterocycles. The molecule has 1 heterocycles. The van der Waals surface area contributed by atoms with Crippen molar-refractivity contribution in [1.29, 1.82) is 0 Å². The van der Waals surface area contributed by atoms with Gasteiger partial charge in [0.2, 0.25) is 0 Å². The summed E-state index contributed by atoms with van der Waals surface area (Å²) in [7, 11) is 1.76. The molecular weight excluding hydrogens is 266 g/mol. The summed E-state index contributed by atoms with van der Waals surface area (Å²) in [6.07, 6.45) is 1.21. The van der Waals surface area contributed by atoms with Gasteiger partial charge in [-0.05, 0) is 38.4 Å². The zero-order chi connectivity index (χ0) is 11.7. The van der Waals surface area contributed by atoms with Crippen molar-refractivity contribution in [3.63, 3.8) is 0 Å². The van der Waals surface area contributed by atoms with E-state index in [0.717, 1.165) is 23.3 Å². The van der Waals surface area contributed by atoms with Gasteiger partial charge in [-0.3, -0.25) is 0 Å². The smallest absolute Gasteiger partial charge is 0.126 e. The van der Waals surface area contributed by atoms with E-state index < -0.39 is 0 Å². The fourth-order valence-corrected chi connectivity index (χ4v) is 3.06. The highest BCUT2D eigenvalue weighted by atomic mass is 79.9. The number of methoxy groups -OCH3 is 1. The Morgan fingerprint density at radius 1 is 1.44 bits per heavy atom. The molecule has 0 radical (unpaired) electrons. The maximum atomic E-state index is 5.59. The van der Waals surface area contributed by atoms with Crippen molar-refractivity contribution in [2.45, 2.75) is 26.2 Å². The first-order valence-corrected chi connectivity index (χ1v) is 6.48. The molecule has 1 aliphatic rings. The number of halogens is 1. The average molecular weight is 284 g/mol. The van der Waals surface area contributed by atoms with E-state index in [2.05, 4.69) is 41.2 Å². The minimum absolute atomic E-state index is 0.599. The van der Waals surface area contributed by atoms with Crippen LogP contribution in [0, 0.1) is 13.8 Å². The number of aryl methyl sites for hydroxylation is 1. The zero-order valence-corrected chi connectivity index (χ0v) is 11.6. The van der Waals surface area contributed by atoms with Crippen LogP contribution in [0.3, 0.4) is 0 Å². The van der Waals surface area contributed by atoms with E-state index >= 15 is 0 Å². The lowest BCUT2D eigenvalue weighted by atomic mass is 9.91. The molecule has 0 aliphatic carbocycles. The van der Waals surface area contributed by atoms with E-state index in [1.165, 1.54) is 23.1 Å². The minimum Gasteiger partial charge on any atom is -0.496 e. The van der Waals surface area contributed by atoms with Crippen LogP contribution in [0.15, 0.2) is 10.5 Å². The van der Waals surface area contributed by atoms with Gasteiger partial charge in [0.25, 0.3) is 0 Å². The number of benzene rings is 1. The second-order valence-corrected chi connectivity index (χ2v) is 5.29. The molecule has 0 amide bonds. The highest BCUT2D eigenvalue weighted by molar-refractivity contribution is 9.10. The Labute approximate surface area is 106 Å². The van der Waals surface area contributed by atoms with Gasteiger partial charge in [0.05, 0.1) is 7.11 Å². The monoisotopic (exact) mass is 283 g/mol. The van der Waals surface area contributed by atoms with E-state index in [1.807, 2.05) is 0 Å². The van der Waals surface area contributed by atoms with Crippen LogP contribution in [0.4, 0.5) is 0 Å². The summed E-state index contributed by atoms with van der Waals surface area (Å²) >= 11 is 3.58. The van der Waals surface area contributed by atoms with E-state index in [-0.39, 0.29) is 0 Å². The predicted molar refractivity (Wildman–Crippen MR) is 70.4 cm³/mol. The Balaban J connectivity index is 2.53. The summed E-state index contributed by atoms with van der Waals surface area (Å²) in [5, 5.41) is 3.42. The predicted octanol–water partition coefficient (Wildman–Crippen LogP) is 3.15. The molecule has 0 bridgehead atoms. The van der Waals surface area contributed by atoms with Crippen molar-refractivity contribution in [3.8, 4) is 5.75 Å². The van der Waals surface area contributed by atoms with Gasteiger partial charge in [-0.25, -0.2) is 0 Å². The molecule has 1 saturated heterocycles. The van der Waals surface area contributed by atoms with Gasteiger partial charge in [-0.15, -0.1) is 0 Å². The summed E-state index contributed by atoms with van der Waals surface area (Å²) in [6, 6.07) is 2.20. The molecule has 1 N–H and O–H groups in total. The quantitative estimate of drug-likeness (QED) is 0.900. The van der Waals surface area contributed by atoms with Crippen molar-refractivity contribution in [2.24, 2.45) is 0 Å². The van der Waals surface area contributed by atoms with Gasteiger partial charge < -0.3 is 10.1 Å². The van der Waals surface area contributed by atoms with Crippen LogP contribution >= 0.6 is 15.9 Å². The molecule has 2 nitrogen and oxygen atoms in total. The fraction of sp³-hybridized carbons (Fsp3) is 0.538. The SMILES string of the molecule is COc1c(C)c(Br)cc(C)c1C1CCNC1. The zero-order valence-electron chi connectivity index (χ0n) is 10.1. The van der Waals surface area contributed by atoms with Gasteiger partial charge in [0.1, 0.15) is 5.75 Å². The molecule has 3 heteroatoms. The molecule has 0 saturated carbocycles. The van der Waals surface area contributed by atoms with E-state index in [9.17, 15) is 0 Å². The number of nitrogens with one attached hydrogen (secondary N) is 1. The maximum Gasteiger partial charge on any atom is 0.126 e. The minimum atomic E-state index is 0.599. The molecule has 88 valence electrons. The topological polar surface area (TPSA) is 21.3 Å². The molecular formula is C13H18BrNO. The molecule has 1 fully saturated rings. The molecule has 1 aromatic carbocycles. The van der Waals surface area contributed by atoms with Crippen molar-refractivity contribution in [1.82, 2.24) is 5.32 Å². The molecule has 1 unspecified atom stereocenters.